The van der Waals surface area contributed by atoms with Gasteiger partial charge in [0.25, 0.3) is 0 Å². The summed E-state index contributed by atoms with van der Waals surface area (Å²) in [6.45, 7) is 1.81. The van der Waals surface area contributed by atoms with Gasteiger partial charge in [-0.1, -0.05) is 11.6 Å². The standard InChI is InChI=1S/C12H11ClN2O2/c1-6-4-7(13)5-10(17)11(6)8-2-3-9(16)12(14)15-8/h2-5,16-17H,1H3,(H2,14,15). The Balaban J connectivity index is 2.64. The van der Waals surface area contributed by atoms with Crippen molar-refractivity contribution in [3.8, 4) is 22.8 Å². The van der Waals surface area contributed by atoms with E-state index in [4.69, 9.17) is 17.3 Å². The molecule has 1 heterocycles. The van der Waals surface area contributed by atoms with Crippen LogP contribution in [0.2, 0.25) is 5.02 Å². The number of nitrogens with two attached hydrogens (primary N) is 1. The molecule has 1 aromatic carbocycles. The van der Waals surface area contributed by atoms with Crippen LogP contribution in [0, 0.1) is 6.92 Å². The second kappa shape index (κ2) is 4.14. The molecule has 0 aliphatic carbocycles. The van der Waals surface area contributed by atoms with Crippen LogP contribution < -0.4 is 5.73 Å². The third-order valence-electron chi connectivity index (χ3n) is 2.44. The molecule has 1 aromatic heterocycles. The van der Waals surface area contributed by atoms with E-state index in [0.29, 0.717) is 16.3 Å². The first kappa shape index (κ1) is 11.5. The lowest BCUT2D eigenvalue weighted by molar-refractivity contribution is 0.474. The number of halogens is 1. The van der Waals surface area contributed by atoms with E-state index in [2.05, 4.69) is 4.98 Å². The molecule has 0 spiro atoms. The second-order valence-corrected chi connectivity index (χ2v) is 4.15. The summed E-state index contributed by atoms with van der Waals surface area (Å²) in [6, 6.07) is 6.18. The van der Waals surface area contributed by atoms with Crippen molar-refractivity contribution in [2.24, 2.45) is 0 Å². The van der Waals surface area contributed by atoms with Gasteiger partial charge >= 0.3 is 0 Å². The number of hydrogen-bond donors (Lipinski definition) is 3. The van der Waals surface area contributed by atoms with Crippen LogP contribution in [0.1, 0.15) is 5.56 Å². The summed E-state index contributed by atoms with van der Waals surface area (Å²) >= 11 is 5.82. The molecule has 2 rings (SSSR count). The van der Waals surface area contributed by atoms with Crippen LogP contribution >= 0.6 is 11.6 Å². The van der Waals surface area contributed by atoms with E-state index in [0.717, 1.165) is 5.56 Å². The highest BCUT2D eigenvalue weighted by Crippen LogP contribution is 2.35. The van der Waals surface area contributed by atoms with Crippen molar-refractivity contribution in [3.63, 3.8) is 0 Å². The first-order chi connectivity index (χ1) is 7.99. The summed E-state index contributed by atoms with van der Waals surface area (Å²) in [7, 11) is 0. The summed E-state index contributed by atoms with van der Waals surface area (Å²) in [5, 5.41) is 19.6. The largest absolute Gasteiger partial charge is 0.507 e. The lowest BCUT2D eigenvalue weighted by Gasteiger charge is -2.09. The van der Waals surface area contributed by atoms with Crippen molar-refractivity contribution in [2.45, 2.75) is 6.92 Å². The quantitative estimate of drug-likeness (QED) is 0.727. The minimum atomic E-state index is -0.0835. The average Bonchev–Trinajstić information content (AvgIpc) is 2.21. The Hall–Kier alpha value is -1.94. The van der Waals surface area contributed by atoms with E-state index >= 15 is 0 Å². The molecule has 0 aliphatic heterocycles. The molecule has 0 unspecified atom stereocenters. The fourth-order valence-electron chi connectivity index (χ4n) is 1.67. The highest BCUT2D eigenvalue weighted by molar-refractivity contribution is 6.31. The number of phenols is 1. The lowest BCUT2D eigenvalue weighted by atomic mass is 10.0. The first-order valence-electron chi connectivity index (χ1n) is 4.94. The topological polar surface area (TPSA) is 79.4 Å². The molecule has 0 bridgehead atoms. The fraction of sp³-hybridized carbons (Fsp3) is 0.0833. The monoisotopic (exact) mass is 250 g/mol. The summed E-state index contributed by atoms with van der Waals surface area (Å²) in [5.41, 5.74) is 7.35. The van der Waals surface area contributed by atoms with Gasteiger partial charge in [-0.05, 0) is 36.8 Å². The van der Waals surface area contributed by atoms with Gasteiger partial charge in [-0.3, -0.25) is 0 Å². The zero-order chi connectivity index (χ0) is 12.6. The van der Waals surface area contributed by atoms with Crippen molar-refractivity contribution in [1.29, 1.82) is 0 Å². The van der Waals surface area contributed by atoms with Crippen LogP contribution in [0.25, 0.3) is 11.3 Å². The maximum absolute atomic E-state index is 9.86. The van der Waals surface area contributed by atoms with Crippen LogP contribution in [0.5, 0.6) is 11.5 Å². The maximum Gasteiger partial charge on any atom is 0.166 e. The minimum Gasteiger partial charge on any atom is -0.507 e. The molecule has 0 saturated heterocycles. The van der Waals surface area contributed by atoms with Gasteiger partial charge in [0.15, 0.2) is 11.6 Å². The third-order valence-corrected chi connectivity index (χ3v) is 2.66. The van der Waals surface area contributed by atoms with Gasteiger partial charge in [-0.25, -0.2) is 4.98 Å². The van der Waals surface area contributed by atoms with E-state index in [-0.39, 0.29) is 17.3 Å². The molecule has 0 fully saturated rings. The third kappa shape index (κ3) is 2.12. The van der Waals surface area contributed by atoms with Crippen molar-refractivity contribution < 1.29 is 10.2 Å². The molecule has 0 aliphatic rings. The normalized spacial score (nSPS) is 10.5. The number of aryl methyl sites for hydroxylation is 1. The van der Waals surface area contributed by atoms with Gasteiger partial charge in [-0.2, -0.15) is 0 Å². The zero-order valence-electron chi connectivity index (χ0n) is 9.11. The second-order valence-electron chi connectivity index (χ2n) is 3.72. The molecule has 0 saturated carbocycles. The molecular weight excluding hydrogens is 240 g/mol. The lowest BCUT2D eigenvalue weighted by Crippen LogP contribution is -1.94. The number of phenolic OH excluding ortho intramolecular Hbond substituents is 1. The molecular formula is C12H11ClN2O2. The van der Waals surface area contributed by atoms with Gasteiger partial charge in [-0.15, -0.1) is 0 Å². The molecule has 0 radical (unpaired) electrons. The molecule has 4 N–H and O–H groups in total. The summed E-state index contributed by atoms with van der Waals surface area (Å²) < 4.78 is 0. The Morgan fingerprint density at radius 2 is 1.88 bits per heavy atom. The highest BCUT2D eigenvalue weighted by atomic mass is 35.5. The summed E-state index contributed by atoms with van der Waals surface area (Å²) in [4.78, 5) is 4.02. The predicted octanol–water partition coefficient (Wildman–Crippen LogP) is 2.70. The smallest absolute Gasteiger partial charge is 0.166 e. The highest BCUT2D eigenvalue weighted by Gasteiger charge is 2.12. The number of anilines is 1. The molecule has 2 aromatic rings. The molecule has 0 amide bonds. The first-order valence-corrected chi connectivity index (χ1v) is 5.32. The molecule has 5 heteroatoms. The predicted molar refractivity (Wildman–Crippen MR) is 67.2 cm³/mol. The Kier molecular flexibility index (Phi) is 2.81. The molecule has 0 atom stereocenters. The van der Waals surface area contributed by atoms with Gasteiger partial charge in [0.1, 0.15) is 5.75 Å². The van der Waals surface area contributed by atoms with E-state index < -0.39 is 0 Å². The number of aromatic hydroxyl groups is 2. The SMILES string of the molecule is Cc1cc(Cl)cc(O)c1-c1ccc(O)c(N)n1. The van der Waals surface area contributed by atoms with Gasteiger partial charge in [0.2, 0.25) is 0 Å². The van der Waals surface area contributed by atoms with Crippen molar-refractivity contribution in [1.82, 2.24) is 4.98 Å². The van der Waals surface area contributed by atoms with Crippen molar-refractivity contribution in [2.75, 3.05) is 5.73 Å². The minimum absolute atomic E-state index is 0.0243. The van der Waals surface area contributed by atoms with E-state index in [9.17, 15) is 10.2 Å². The summed E-state index contributed by atoms with van der Waals surface area (Å²) in [6.07, 6.45) is 0. The Morgan fingerprint density at radius 1 is 1.18 bits per heavy atom. The average molecular weight is 251 g/mol. The van der Waals surface area contributed by atoms with Crippen LogP contribution in [0.15, 0.2) is 24.3 Å². The number of hydrogen-bond acceptors (Lipinski definition) is 4. The molecule has 17 heavy (non-hydrogen) atoms. The van der Waals surface area contributed by atoms with Crippen LogP contribution in [-0.2, 0) is 0 Å². The van der Waals surface area contributed by atoms with Crippen LogP contribution in [0.4, 0.5) is 5.82 Å². The van der Waals surface area contributed by atoms with E-state index in [1.54, 1.807) is 12.1 Å². The zero-order valence-corrected chi connectivity index (χ0v) is 9.86. The number of benzene rings is 1. The summed E-state index contributed by atoms with van der Waals surface area (Å²) in [5.74, 6) is -0.0244. The number of rotatable bonds is 1. The Morgan fingerprint density at radius 3 is 2.47 bits per heavy atom. The Labute approximate surface area is 103 Å². The fourth-order valence-corrected chi connectivity index (χ4v) is 1.93. The van der Waals surface area contributed by atoms with Crippen molar-refractivity contribution in [3.05, 3.63) is 34.9 Å². The van der Waals surface area contributed by atoms with Gasteiger partial charge < -0.3 is 15.9 Å². The van der Waals surface area contributed by atoms with Gasteiger partial charge in [0, 0.05) is 10.6 Å². The Bertz CT molecular complexity index is 562. The maximum atomic E-state index is 9.86. The van der Waals surface area contributed by atoms with Crippen molar-refractivity contribution >= 4 is 17.4 Å². The van der Waals surface area contributed by atoms with E-state index in [1.165, 1.54) is 12.1 Å². The van der Waals surface area contributed by atoms with Crippen LogP contribution in [0.3, 0.4) is 0 Å². The van der Waals surface area contributed by atoms with Crippen LogP contribution in [-0.4, -0.2) is 15.2 Å². The number of aromatic nitrogens is 1. The number of pyridine rings is 1. The number of nitrogen functional groups attached to an aromatic ring is 1. The van der Waals surface area contributed by atoms with Gasteiger partial charge in [0.05, 0.1) is 5.69 Å². The molecule has 88 valence electrons. The number of nitrogens with zero attached hydrogens (tertiary/aromatic N) is 1. The molecule has 4 nitrogen and oxygen atoms in total. The van der Waals surface area contributed by atoms with E-state index in [1.807, 2.05) is 6.92 Å².